The third-order valence-corrected chi connectivity index (χ3v) is 8.14. The Balaban J connectivity index is 1.35. The van der Waals surface area contributed by atoms with Crippen LogP contribution >= 0.6 is 0 Å². The molecule has 0 unspecified atom stereocenters. The summed E-state index contributed by atoms with van der Waals surface area (Å²) in [6, 6.07) is 46.4. The molecule has 0 atom stereocenters. The Kier molecular flexibility index (Phi) is 4.83. The van der Waals surface area contributed by atoms with Gasteiger partial charge in [0.15, 0.2) is 0 Å². The van der Waals surface area contributed by atoms with Crippen LogP contribution in [0.1, 0.15) is 0 Å². The van der Waals surface area contributed by atoms with Crippen molar-refractivity contribution in [2.24, 2.45) is 0 Å². The summed E-state index contributed by atoms with van der Waals surface area (Å²) < 4.78 is 4.34. The van der Waals surface area contributed by atoms with Crippen LogP contribution in [-0.2, 0) is 0 Å². The van der Waals surface area contributed by atoms with Crippen molar-refractivity contribution in [3.05, 3.63) is 140 Å². The quantitative estimate of drug-likeness (QED) is 0.226. The predicted molar refractivity (Wildman–Crippen MR) is 171 cm³/mol. The number of aromatic nitrogens is 5. The predicted octanol–water partition coefficient (Wildman–Crippen LogP) is 8.86. The second-order valence-electron chi connectivity index (χ2n) is 10.6. The normalized spacial score (nSPS) is 11.8. The Bertz CT molecular complexity index is 2470. The molecule has 0 aliphatic rings. The first-order valence-electron chi connectivity index (χ1n) is 14.0. The Labute approximate surface area is 241 Å². The van der Waals surface area contributed by atoms with Gasteiger partial charge in [0.1, 0.15) is 5.65 Å². The number of imidazole rings is 1. The van der Waals surface area contributed by atoms with Crippen LogP contribution in [0.25, 0.3) is 77.7 Å². The standard InChI is InChI=1S/C37H23N5/c1-2-11-24(12-3-1)25-13-10-14-26(21-25)36-28-16-4-6-17-30(28)39-37(40-36)42-32-18-7-5-15-27(32)29-22-31-34(23-33(29)42)41-20-9-8-19-35(41)38-31/h1-23H. The van der Waals surface area contributed by atoms with Crippen LogP contribution in [0.4, 0.5) is 0 Å². The molecule has 0 radical (unpaired) electrons. The molecule has 42 heavy (non-hydrogen) atoms. The molecule has 0 N–H and O–H groups in total. The molecule has 0 aliphatic heterocycles. The molecule has 9 aromatic rings. The number of pyridine rings is 1. The van der Waals surface area contributed by atoms with Gasteiger partial charge in [-0.3, -0.25) is 8.97 Å². The second-order valence-corrected chi connectivity index (χ2v) is 10.6. The first-order valence-corrected chi connectivity index (χ1v) is 14.0. The molecule has 5 nitrogen and oxygen atoms in total. The molecule has 0 fully saturated rings. The number of hydrogen-bond acceptors (Lipinski definition) is 3. The van der Waals surface area contributed by atoms with Crippen LogP contribution < -0.4 is 0 Å². The summed E-state index contributed by atoms with van der Waals surface area (Å²) in [5.74, 6) is 0.646. The van der Waals surface area contributed by atoms with Crippen molar-refractivity contribution in [2.45, 2.75) is 0 Å². The maximum Gasteiger partial charge on any atom is 0.235 e. The van der Waals surface area contributed by atoms with E-state index in [0.717, 1.165) is 66.2 Å². The minimum atomic E-state index is 0.646. The number of hydrogen-bond donors (Lipinski definition) is 0. The fourth-order valence-corrected chi connectivity index (χ4v) is 6.20. The number of rotatable bonds is 3. The maximum atomic E-state index is 5.31. The van der Waals surface area contributed by atoms with Crippen molar-refractivity contribution in [3.8, 4) is 28.3 Å². The molecule has 0 saturated heterocycles. The summed E-state index contributed by atoms with van der Waals surface area (Å²) >= 11 is 0. The van der Waals surface area contributed by atoms with E-state index in [9.17, 15) is 0 Å². The summed E-state index contributed by atoms with van der Waals surface area (Å²) in [6.07, 6.45) is 2.06. The molecule has 0 spiro atoms. The molecule has 0 amide bonds. The van der Waals surface area contributed by atoms with E-state index in [2.05, 4.69) is 118 Å². The average molecular weight is 538 g/mol. The van der Waals surface area contributed by atoms with Crippen molar-refractivity contribution in [3.63, 3.8) is 0 Å². The average Bonchev–Trinajstić information content (AvgIpc) is 3.58. The van der Waals surface area contributed by atoms with Gasteiger partial charge in [-0.1, -0.05) is 91.0 Å². The van der Waals surface area contributed by atoms with Gasteiger partial charge in [-0.2, -0.15) is 0 Å². The lowest BCUT2D eigenvalue weighted by molar-refractivity contribution is 1.01. The Hall–Kier alpha value is -5.81. The lowest BCUT2D eigenvalue weighted by Gasteiger charge is -2.12. The van der Waals surface area contributed by atoms with Gasteiger partial charge >= 0.3 is 0 Å². The minimum Gasteiger partial charge on any atom is -0.300 e. The number of nitrogens with zero attached hydrogens (tertiary/aromatic N) is 5. The van der Waals surface area contributed by atoms with Gasteiger partial charge < -0.3 is 0 Å². The monoisotopic (exact) mass is 537 g/mol. The third kappa shape index (κ3) is 3.40. The Morgan fingerprint density at radius 1 is 0.429 bits per heavy atom. The van der Waals surface area contributed by atoms with Gasteiger partial charge in [0, 0.05) is 27.9 Å². The van der Waals surface area contributed by atoms with Gasteiger partial charge in [-0.05, 0) is 53.6 Å². The number of para-hydroxylation sites is 2. The first kappa shape index (κ1) is 22.9. The van der Waals surface area contributed by atoms with Crippen molar-refractivity contribution in [1.82, 2.24) is 23.9 Å². The molecule has 4 heterocycles. The molecule has 0 saturated carbocycles. The minimum absolute atomic E-state index is 0.646. The highest BCUT2D eigenvalue weighted by Gasteiger charge is 2.19. The SMILES string of the molecule is c1ccc(-c2cccc(-c3nc(-n4c5ccccc5c5cc6nc7ccccn7c6cc54)nc4ccccc34)c2)cc1. The van der Waals surface area contributed by atoms with Gasteiger partial charge in [0.05, 0.1) is 33.3 Å². The highest BCUT2D eigenvalue weighted by atomic mass is 15.2. The fraction of sp³-hybridized carbons (Fsp3) is 0. The summed E-state index contributed by atoms with van der Waals surface area (Å²) in [5, 5.41) is 3.30. The molecule has 5 heteroatoms. The van der Waals surface area contributed by atoms with E-state index < -0.39 is 0 Å². The highest BCUT2D eigenvalue weighted by molar-refractivity contribution is 6.13. The van der Waals surface area contributed by atoms with Crippen LogP contribution in [0.15, 0.2) is 140 Å². The Morgan fingerprint density at radius 3 is 2.12 bits per heavy atom. The van der Waals surface area contributed by atoms with Gasteiger partial charge in [0.25, 0.3) is 0 Å². The second kappa shape index (κ2) is 8.85. The lowest BCUT2D eigenvalue weighted by atomic mass is 10.00. The molecule has 0 aliphatic carbocycles. The van der Waals surface area contributed by atoms with Crippen LogP contribution in [0.5, 0.6) is 0 Å². The van der Waals surface area contributed by atoms with E-state index in [1.54, 1.807) is 0 Å². The zero-order valence-electron chi connectivity index (χ0n) is 22.5. The van der Waals surface area contributed by atoms with Crippen molar-refractivity contribution >= 4 is 49.4 Å². The van der Waals surface area contributed by atoms with Crippen LogP contribution in [-0.4, -0.2) is 23.9 Å². The van der Waals surface area contributed by atoms with Crippen molar-refractivity contribution in [2.75, 3.05) is 0 Å². The van der Waals surface area contributed by atoms with E-state index in [-0.39, 0.29) is 0 Å². The van der Waals surface area contributed by atoms with E-state index in [1.165, 1.54) is 5.56 Å². The summed E-state index contributed by atoms with van der Waals surface area (Å²) in [7, 11) is 0. The van der Waals surface area contributed by atoms with Gasteiger partial charge in [-0.15, -0.1) is 0 Å². The highest BCUT2D eigenvalue weighted by Crippen LogP contribution is 2.36. The molecular formula is C37H23N5. The van der Waals surface area contributed by atoms with E-state index >= 15 is 0 Å². The number of fused-ring (bicyclic) bond motifs is 7. The molecule has 196 valence electrons. The topological polar surface area (TPSA) is 48.0 Å². The smallest absolute Gasteiger partial charge is 0.235 e. The van der Waals surface area contributed by atoms with Crippen molar-refractivity contribution in [1.29, 1.82) is 0 Å². The van der Waals surface area contributed by atoms with E-state index in [1.807, 2.05) is 30.3 Å². The summed E-state index contributed by atoms with van der Waals surface area (Å²) in [6.45, 7) is 0. The molecule has 0 bridgehead atoms. The molecule has 5 aromatic carbocycles. The molecule has 4 aromatic heterocycles. The zero-order valence-corrected chi connectivity index (χ0v) is 22.5. The lowest BCUT2D eigenvalue weighted by Crippen LogP contribution is -2.03. The van der Waals surface area contributed by atoms with E-state index in [0.29, 0.717) is 5.95 Å². The zero-order chi connectivity index (χ0) is 27.6. The fourth-order valence-electron chi connectivity index (χ4n) is 6.20. The Morgan fingerprint density at radius 2 is 1.19 bits per heavy atom. The van der Waals surface area contributed by atoms with Crippen LogP contribution in [0, 0.1) is 0 Å². The first-order chi connectivity index (χ1) is 20.8. The third-order valence-electron chi connectivity index (χ3n) is 8.14. The maximum absolute atomic E-state index is 5.31. The number of benzene rings is 5. The molecular weight excluding hydrogens is 514 g/mol. The summed E-state index contributed by atoms with van der Waals surface area (Å²) in [4.78, 5) is 15.4. The summed E-state index contributed by atoms with van der Waals surface area (Å²) in [5.41, 5.74) is 10.3. The van der Waals surface area contributed by atoms with Crippen LogP contribution in [0.2, 0.25) is 0 Å². The van der Waals surface area contributed by atoms with Crippen LogP contribution in [0.3, 0.4) is 0 Å². The largest absolute Gasteiger partial charge is 0.300 e. The van der Waals surface area contributed by atoms with Crippen molar-refractivity contribution < 1.29 is 0 Å². The molecule has 9 rings (SSSR count). The van der Waals surface area contributed by atoms with Gasteiger partial charge in [0.2, 0.25) is 5.95 Å². The van der Waals surface area contributed by atoms with Gasteiger partial charge in [-0.25, -0.2) is 15.0 Å². The van der Waals surface area contributed by atoms with E-state index in [4.69, 9.17) is 15.0 Å².